The molecule has 9 heteroatoms. The Morgan fingerprint density at radius 3 is 2.49 bits per heavy atom. The molecule has 0 bridgehead atoms. The van der Waals surface area contributed by atoms with Gasteiger partial charge in [0.15, 0.2) is 0 Å². The van der Waals surface area contributed by atoms with Crippen molar-refractivity contribution in [3.05, 3.63) is 101 Å². The number of halogens is 1. The number of hydrogen-bond acceptors (Lipinski definition) is 7. The van der Waals surface area contributed by atoms with Crippen LogP contribution in [0.4, 0.5) is 4.39 Å². The Balaban J connectivity index is 1.76. The van der Waals surface area contributed by atoms with Crippen LogP contribution in [-0.2, 0) is 20.9 Å². The van der Waals surface area contributed by atoms with Gasteiger partial charge in [-0.3, -0.25) is 14.6 Å². The van der Waals surface area contributed by atoms with E-state index in [0.29, 0.717) is 16.7 Å². The number of aliphatic hydroxyl groups is 1. The van der Waals surface area contributed by atoms with Crippen LogP contribution in [0.1, 0.15) is 46.9 Å². The highest BCUT2D eigenvalue weighted by atomic mass is 19.1. The number of ether oxygens (including phenoxy) is 2. The minimum absolute atomic E-state index is 0.000703. The maximum Gasteiger partial charge on any atom is 0.338 e. The quantitative estimate of drug-likeness (QED) is 0.220. The highest BCUT2D eigenvalue weighted by molar-refractivity contribution is 6.46. The SMILES string of the molecule is COc1ccc(F)cc1/C(O)=C1\C(=O)C(=O)N(Cc2ccc(C(=O)OC(C)C)cc2)C1c1cccnc1. The summed E-state index contributed by atoms with van der Waals surface area (Å²) in [5.74, 6) is -3.30. The van der Waals surface area contributed by atoms with Crippen molar-refractivity contribution in [3.63, 3.8) is 0 Å². The maximum atomic E-state index is 14.1. The lowest BCUT2D eigenvalue weighted by Crippen LogP contribution is -2.29. The molecule has 1 aromatic heterocycles. The fourth-order valence-corrected chi connectivity index (χ4v) is 4.16. The number of pyridine rings is 1. The standard InChI is InChI=1S/C28H25FN2O6/c1-16(2)37-28(35)18-8-6-17(7-9-18)15-31-24(19-5-4-12-30-14-19)23(26(33)27(31)34)25(32)21-13-20(29)10-11-22(21)36-3/h4-14,16,24,32H,15H2,1-3H3/b25-23+. The van der Waals surface area contributed by atoms with Gasteiger partial charge in [-0.2, -0.15) is 0 Å². The molecule has 1 aliphatic rings. The number of likely N-dealkylation sites (tertiary alicyclic amines) is 1. The molecule has 1 fully saturated rings. The first-order valence-corrected chi connectivity index (χ1v) is 11.5. The number of Topliss-reactive ketones (excluding diaryl/α,β-unsaturated/α-hetero) is 1. The monoisotopic (exact) mass is 504 g/mol. The Morgan fingerprint density at radius 2 is 1.86 bits per heavy atom. The zero-order valence-electron chi connectivity index (χ0n) is 20.5. The minimum Gasteiger partial charge on any atom is -0.507 e. The predicted molar refractivity (Wildman–Crippen MR) is 132 cm³/mol. The number of carbonyl (C=O) groups is 3. The Labute approximate surface area is 213 Å². The van der Waals surface area contributed by atoms with Gasteiger partial charge in [0.25, 0.3) is 11.7 Å². The Bertz CT molecular complexity index is 1370. The molecule has 3 aromatic rings. The smallest absolute Gasteiger partial charge is 0.338 e. The molecule has 2 heterocycles. The van der Waals surface area contributed by atoms with Crippen LogP contribution >= 0.6 is 0 Å². The number of carbonyl (C=O) groups excluding carboxylic acids is 3. The van der Waals surface area contributed by atoms with E-state index in [0.717, 1.165) is 12.1 Å². The van der Waals surface area contributed by atoms with Gasteiger partial charge >= 0.3 is 5.97 Å². The van der Waals surface area contributed by atoms with E-state index in [1.54, 1.807) is 56.4 Å². The lowest BCUT2D eigenvalue weighted by atomic mass is 9.95. The van der Waals surface area contributed by atoms with Gasteiger partial charge in [0.2, 0.25) is 0 Å². The minimum atomic E-state index is -0.993. The van der Waals surface area contributed by atoms with E-state index in [-0.39, 0.29) is 29.5 Å². The van der Waals surface area contributed by atoms with Crippen LogP contribution in [0, 0.1) is 5.82 Å². The molecule has 4 rings (SSSR count). The summed E-state index contributed by atoms with van der Waals surface area (Å²) in [6, 6.07) is 12.3. The zero-order valence-corrected chi connectivity index (χ0v) is 20.5. The van der Waals surface area contributed by atoms with Crippen molar-refractivity contribution in [1.29, 1.82) is 0 Å². The summed E-state index contributed by atoms with van der Waals surface area (Å²) in [5, 5.41) is 11.2. The summed E-state index contributed by atoms with van der Waals surface area (Å²) in [5.41, 5.74) is 1.21. The van der Waals surface area contributed by atoms with E-state index in [1.807, 2.05) is 0 Å². The number of nitrogens with zero attached hydrogens (tertiary/aromatic N) is 2. The number of hydrogen-bond donors (Lipinski definition) is 1. The Hall–Kier alpha value is -4.53. The summed E-state index contributed by atoms with van der Waals surface area (Å²) in [7, 11) is 1.35. The van der Waals surface area contributed by atoms with Gasteiger partial charge in [0.05, 0.1) is 36.0 Å². The third kappa shape index (κ3) is 5.20. The molecule has 0 aliphatic carbocycles. The number of benzene rings is 2. The van der Waals surface area contributed by atoms with E-state index in [9.17, 15) is 23.9 Å². The van der Waals surface area contributed by atoms with Gasteiger partial charge in [-0.25, -0.2) is 9.18 Å². The van der Waals surface area contributed by atoms with Crippen LogP contribution in [-0.4, -0.2) is 45.9 Å². The summed E-state index contributed by atoms with van der Waals surface area (Å²) in [6.07, 6.45) is 2.76. The van der Waals surface area contributed by atoms with Gasteiger partial charge in [0, 0.05) is 18.9 Å². The summed E-state index contributed by atoms with van der Waals surface area (Å²) < 4.78 is 24.5. The van der Waals surface area contributed by atoms with Gasteiger partial charge < -0.3 is 19.5 Å². The lowest BCUT2D eigenvalue weighted by molar-refractivity contribution is -0.140. The first kappa shape index (κ1) is 25.6. The van der Waals surface area contributed by atoms with Gasteiger partial charge in [-0.05, 0) is 61.4 Å². The number of methoxy groups -OCH3 is 1. The highest BCUT2D eigenvalue weighted by Crippen LogP contribution is 2.41. The molecular weight excluding hydrogens is 479 g/mol. The maximum absolute atomic E-state index is 14.1. The number of rotatable bonds is 7. The van der Waals surface area contributed by atoms with E-state index in [2.05, 4.69) is 4.98 Å². The fourth-order valence-electron chi connectivity index (χ4n) is 4.16. The van der Waals surface area contributed by atoms with E-state index >= 15 is 0 Å². The molecule has 0 radical (unpaired) electrons. The lowest BCUT2D eigenvalue weighted by Gasteiger charge is -2.25. The van der Waals surface area contributed by atoms with Crippen molar-refractivity contribution >= 4 is 23.4 Å². The molecule has 2 aromatic carbocycles. The van der Waals surface area contributed by atoms with Crippen molar-refractivity contribution in [1.82, 2.24) is 9.88 Å². The molecule has 37 heavy (non-hydrogen) atoms. The average Bonchev–Trinajstić information content (AvgIpc) is 3.13. The van der Waals surface area contributed by atoms with Crippen LogP contribution in [0.15, 0.2) is 72.6 Å². The van der Waals surface area contributed by atoms with Gasteiger partial charge in [-0.1, -0.05) is 18.2 Å². The first-order chi connectivity index (χ1) is 17.7. The van der Waals surface area contributed by atoms with Gasteiger partial charge in [-0.15, -0.1) is 0 Å². The fraction of sp³-hybridized carbons (Fsp3) is 0.214. The van der Waals surface area contributed by atoms with Crippen LogP contribution in [0.2, 0.25) is 0 Å². The molecular formula is C28H25FN2O6. The van der Waals surface area contributed by atoms with Crippen LogP contribution < -0.4 is 4.74 Å². The van der Waals surface area contributed by atoms with Crippen molar-refractivity contribution in [3.8, 4) is 5.75 Å². The van der Waals surface area contributed by atoms with Gasteiger partial charge in [0.1, 0.15) is 17.3 Å². The average molecular weight is 505 g/mol. The molecule has 190 valence electrons. The largest absolute Gasteiger partial charge is 0.507 e. The van der Waals surface area contributed by atoms with Crippen molar-refractivity contribution in [2.75, 3.05) is 7.11 Å². The molecule has 1 amide bonds. The Kier molecular flexibility index (Phi) is 7.33. The van der Waals surface area contributed by atoms with Crippen LogP contribution in [0.5, 0.6) is 5.75 Å². The molecule has 1 aliphatic heterocycles. The predicted octanol–water partition coefficient (Wildman–Crippen LogP) is 4.42. The van der Waals surface area contributed by atoms with Crippen molar-refractivity contribution in [2.45, 2.75) is 32.5 Å². The second-order valence-corrected chi connectivity index (χ2v) is 8.71. The molecule has 1 saturated heterocycles. The summed E-state index contributed by atoms with van der Waals surface area (Å²) in [4.78, 5) is 44.0. The highest BCUT2D eigenvalue weighted by Gasteiger charge is 2.46. The summed E-state index contributed by atoms with van der Waals surface area (Å²) in [6.45, 7) is 3.50. The number of aromatic nitrogens is 1. The summed E-state index contributed by atoms with van der Waals surface area (Å²) >= 11 is 0. The van der Waals surface area contributed by atoms with E-state index in [1.165, 1.54) is 24.3 Å². The van der Waals surface area contributed by atoms with Crippen molar-refractivity contribution in [2.24, 2.45) is 0 Å². The van der Waals surface area contributed by atoms with Crippen molar-refractivity contribution < 1.29 is 33.4 Å². The molecule has 1 unspecified atom stereocenters. The molecule has 0 saturated carbocycles. The van der Waals surface area contributed by atoms with E-state index < -0.39 is 35.3 Å². The van der Waals surface area contributed by atoms with Crippen LogP contribution in [0.25, 0.3) is 5.76 Å². The normalized spacial score (nSPS) is 16.8. The molecule has 1 atom stereocenters. The molecule has 1 N–H and O–H groups in total. The number of esters is 1. The Morgan fingerprint density at radius 1 is 1.14 bits per heavy atom. The number of aliphatic hydroxyl groups excluding tert-OH is 1. The zero-order chi connectivity index (χ0) is 26.7. The second kappa shape index (κ2) is 10.6. The second-order valence-electron chi connectivity index (χ2n) is 8.71. The molecule has 8 nitrogen and oxygen atoms in total. The molecule has 0 spiro atoms. The van der Waals surface area contributed by atoms with E-state index in [4.69, 9.17) is 9.47 Å². The first-order valence-electron chi connectivity index (χ1n) is 11.5. The third-order valence-electron chi connectivity index (χ3n) is 5.84. The topological polar surface area (TPSA) is 106 Å². The number of amides is 1. The number of ketones is 1. The van der Waals surface area contributed by atoms with Crippen LogP contribution in [0.3, 0.4) is 0 Å². The third-order valence-corrected chi connectivity index (χ3v) is 5.84.